The van der Waals surface area contributed by atoms with Crippen LogP contribution < -0.4 is 5.32 Å². The Morgan fingerprint density at radius 2 is 1.92 bits per heavy atom. The van der Waals surface area contributed by atoms with Gasteiger partial charge in [-0.3, -0.25) is 9.69 Å². The van der Waals surface area contributed by atoms with Crippen molar-refractivity contribution >= 4 is 12.0 Å². The molecule has 2 amide bonds. The number of likely N-dealkylation sites (N-methyl/N-ethyl adjacent to an activating group) is 1. The molecule has 7 heteroatoms. The van der Waals surface area contributed by atoms with E-state index in [1.807, 2.05) is 39.6 Å². The maximum atomic E-state index is 12.4. The van der Waals surface area contributed by atoms with Crippen molar-refractivity contribution in [1.82, 2.24) is 20.0 Å². The summed E-state index contributed by atoms with van der Waals surface area (Å²) in [6.45, 7) is 12.8. The van der Waals surface area contributed by atoms with E-state index in [2.05, 4.69) is 17.1 Å². The quantitative estimate of drug-likeness (QED) is 0.803. The standard InChI is InChI=1S/C17H32N4O3/c1-12-7-18-14(10-21(12)16(23)24-17(3,4)5)9-20-8-13(2)19(6)11-15(20)22/h12-14,18H,7-11H2,1-6H3/t12-,13-,14+/m1/s1. The number of amides is 2. The first kappa shape index (κ1) is 19.0. The van der Waals surface area contributed by atoms with E-state index in [0.717, 1.165) is 6.54 Å². The fourth-order valence-corrected chi connectivity index (χ4v) is 3.10. The van der Waals surface area contributed by atoms with Gasteiger partial charge >= 0.3 is 6.09 Å². The van der Waals surface area contributed by atoms with Crippen molar-refractivity contribution in [2.45, 2.75) is 58.3 Å². The SMILES string of the molecule is C[C@@H]1CN(C[C@H]2CN(C(=O)OC(C)(C)C)[C@H](C)CN2)C(=O)CN1C. The predicted molar refractivity (Wildman–Crippen MR) is 92.9 cm³/mol. The molecule has 2 aliphatic heterocycles. The number of ether oxygens (including phenoxy) is 1. The lowest BCUT2D eigenvalue weighted by Gasteiger charge is -2.43. The third-order valence-electron chi connectivity index (χ3n) is 4.69. The van der Waals surface area contributed by atoms with Gasteiger partial charge in [-0.2, -0.15) is 0 Å². The van der Waals surface area contributed by atoms with Crippen LogP contribution in [0.15, 0.2) is 0 Å². The molecule has 0 unspecified atom stereocenters. The Morgan fingerprint density at radius 1 is 1.25 bits per heavy atom. The molecule has 1 N–H and O–H groups in total. The molecule has 0 aromatic rings. The van der Waals surface area contributed by atoms with E-state index in [1.165, 1.54) is 0 Å². The smallest absolute Gasteiger partial charge is 0.410 e. The van der Waals surface area contributed by atoms with Crippen LogP contribution >= 0.6 is 0 Å². The number of hydrogen-bond donors (Lipinski definition) is 1. The van der Waals surface area contributed by atoms with Crippen molar-refractivity contribution in [1.29, 1.82) is 0 Å². The lowest BCUT2D eigenvalue weighted by Crippen LogP contribution is -2.63. The summed E-state index contributed by atoms with van der Waals surface area (Å²) in [6.07, 6.45) is -0.278. The molecule has 0 bridgehead atoms. The second-order valence-corrected chi connectivity index (χ2v) is 8.15. The lowest BCUT2D eigenvalue weighted by molar-refractivity contribution is -0.137. The molecule has 2 fully saturated rings. The molecule has 2 saturated heterocycles. The number of hydrogen-bond acceptors (Lipinski definition) is 5. The molecule has 24 heavy (non-hydrogen) atoms. The molecule has 138 valence electrons. The van der Waals surface area contributed by atoms with E-state index in [4.69, 9.17) is 4.74 Å². The first-order chi connectivity index (χ1) is 11.1. The van der Waals surface area contributed by atoms with Crippen LogP contribution in [0, 0.1) is 0 Å². The highest BCUT2D eigenvalue weighted by Gasteiger charge is 2.34. The maximum Gasteiger partial charge on any atom is 0.410 e. The topological polar surface area (TPSA) is 65.1 Å². The van der Waals surface area contributed by atoms with Crippen molar-refractivity contribution in [3.8, 4) is 0 Å². The fraction of sp³-hybridized carbons (Fsp3) is 0.882. The van der Waals surface area contributed by atoms with E-state index < -0.39 is 5.60 Å². The van der Waals surface area contributed by atoms with Crippen molar-refractivity contribution < 1.29 is 14.3 Å². The van der Waals surface area contributed by atoms with Crippen LogP contribution in [0.2, 0.25) is 0 Å². The summed E-state index contributed by atoms with van der Waals surface area (Å²) in [5.74, 6) is 0.153. The Kier molecular flexibility index (Phi) is 5.75. The van der Waals surface area contributed by atoms with Crippen LogP contribution in [-0.4, -0.2) is 90.2 Å². The summed E-state index contributed by atoms with van der Waals surface area (Å²) in [5, 5.41) is 3.45. The molecule has 0 spiro atoms. The molecule has 0 radical (unpaired) electrons. The second-order valence-electron chi connectivity index (χ2n) is 8.15. The van der Waals surface area contributed by atoms with Gasteiger partial charge in [-0.05, 0) is 41.7 Å². The summed E-state index contributed by atoms with van der Waals surface area (Å²) in [6, 6.07) is 0.513. The highest BCUT2D eigenvalue weighted by atomic mass is 16.6. The Bertz CT molecular complexity index is 477. The van der Waals surface area contributed by atoms with Gasteiger partial charge in [-0.1, -0.05) is 0 Å². The zero-order chi connectivity index (χ0) is 18.1. The zero-order valence-corrected chi connectivity index (χ0v) is 15.8. The summed E-state index contributed by atoms with van der Waals surface area (Å²) >= 11 is 0. The van der Waals surface area contributed by atoms with Crippen molar-refractivity contribution in [3.63, 3.8) is 0 Å². The largest absolute Gasteiger partial charge is 0.444 e. The minimum absolute atomic E-state index is 0.0771. The van der Waals surface area contributed by atoms with Gasteiger partial charge in [0.25, 0.3) is 0 Å². The predicted octanol–water partition coefficient (Wildman–Crippen LogP) is 0.746. The molecule has 2 rings (SSSR count). The molecule has 2 heterocycles. The number of carbonyl (C=O) groups excluding carboxylic acids is 2. The Balaban J connectivity index is 1.95. The van der Waals surface area contributed by atoms with Gasteiger partial charge in [0.1, 0.15) is 5.60 Å². The van der Waals surface area contributed by atoms with Crippen LogP contribution in [0.3, 0.4) is 0 Å². The Labute approximate surface area is 145 Å². The van der Waals surface area contributed by atoms with Gasteiger partial charge in [0.15, 0.2) is 0 Å². The van der Waals surface area contributed by atoms with Gasteiger partial charge in [-0.15, -0.1) is 0 Å². The molecule has 0 aromatic carbocycles. The molecule has 0 aromatic heterocycles. The minimum atomic E-state index is -0.500. The van der Waals surface area contributed by atoms with E-state index in [1.54, 1.807) is 4.90 Å². The average molecular weight is 340 g/mol. The first-order valence-electron chi connectivity index (χ1n) is 8.78. The fourth-order valence-electron chi connectivity index (χ4n) is 3.10. The van der Waals surface area contributed by atoms with Gasteiger partial charge in [0.2, 0.25) is 5.91 Å². The normalized spacial score (nSPS) is 29.8. The van der Waals surface area contributed by atoms with E-state index in [9.17, 15) is 9.59 Å². The lowest BCUT2D eigenvalue weighted by atomic mass is 10.1. The summed E-state index contributed by atoms with van der Waals surface area (Å²) < 4.78 is 5.51. The van der Waals surface area contributed by atoms with Crippen molar-refractivity contribution in [3.05, 3.63) is 0 Å². The van der Waals surface area contributed by atoms with Crippen LogP contribution in [0.4, 0.5) is 4.79 Å². The number of nitrogens with one attached hydrogen (secondary N) is 1. The highest BCUT2D eigenvalue weighted by Crippen LogP contribution is 2.16. The second kappa shape index (κ2) is 7.27. The van der Waals surface area contributed by atoms with E-state index in [-0.39, 0.29) is 24.1 Å². The summed E-state index contributed by atoms with van der Waals surface area (Å²) in [4.78, 5) is 30.4. The van der Waals surface area contributed by atoms with E-state index in [0.29, 0.717) is 32.2 Å². The van der Waals surface area contributed by atoms with Crippen LogP contribution in [0.25, 0.3) is 0 Å². The van der Waals surface area contributed by atoms with Crippen molar-refractivity contribution in [2.24, 2.45) is 0 Å². The summed E-state index contributed by atoms with van der Waals surface area (Å²) in [7, 11) is 1.98. The molecular formula is C17H32N4O3. The average Bonchev–Trinajstić information content (AvgIpc) is 2.44. The minimum Gasteiger partial charge on any atom is -0.444 e. The number of nitrogens with zero attached hydrogens (tertiary/aromatic N) is 3. The van der Waals surface area contributed by atoms with Gasteiger partial charge in [0, 0.05) is 44.3 Å². The molecule has 7 nitrogen and oxygen atoms in total. The first-order valence-corrected chi connectivity index (χ1v) is 8.78. The number of piperazine rings is 2. The third-order valence-corrected chi connectivity index (χ3v) is 4.69. The molecular weight excluding hydrogens is 308 g/mol. The Hall–Kier alpha value is -1.34. The summed E-state index contributed by atoms with van der Waals surface area (Å²) in [5.41, 5.74) is -0.500. The molecule has 3 atom stereocenters. The molecule has 0 aliphatic carbocycles. The van der Waals surface area contributed by atoms with Gasteiger partial charge in [0.05, 0.1) is 6.54 Å². The monoisotopic (exact) mass is 340 g/mol. The number of carbonyl (C=O) groups is 2. The maximum absolute atomic E-state index is 12.4. The zero-order valence-electron chi connectivity index (χ0n) is 15.8. The molecule has 0 saturated carbocycles. The number of rotatable bonds is 2. The van der Waals surface area contributed by atoms with Crippen LogP contribution in [-0.2, 0) is 9.53 Å². The van der Waals surface area contributed by atoms with Gasteiger partial charge in [-0.25, -0.2) is 4.79 Å². The third kappa shape index (κ3) is 4.83. The highest BCUT2D eigenvalue weighted by molar-refractivity contribution is 5.79. The van der Waals surface area contributed by atoms with Crippen LogP contribution in [0.1, 0.15) is 34.6 Å². The van der Waals surface area contributed by atoms with Gasteiger partial charge < -0.3 is 19.9 Å². The Morgan fingerprint density at radius 3 is 2.54 bits per heavy atom. The van der Waals surface area contributed by atoms with Crippen molar-refractivity contribution in [2.75, 3.05) is 39.8 Å². The molecule has 2 aliphatic rings. The van der Waals surface area contributed by atoms with Crippen LogP contribution in [0.5, 0.6) is 0 Å². The van der Waals surface area contributed by atoms with E-state index >= 15 is 0 Å².